The Hall–Kier alpha value is -3.82. The number of imidazole rings is 1. The highest BCUT2D eigenvalue weighted by atomic mass is 35.5. The number of benzene rings is 1. The molecule has 0 saturated carbocycles. The Kier molecular flexibility index (Phi) is 9.42. The molecule has 1 aromatic carbocycles. The van der Waals surface area contributed by atoms with Gasteiger partial charge >= 0.3 is 11.9 Å². The Morgan fingerprint density at radius 3 is 2.54 bits per heavy atom. The minimum atomic E-state index is -2.73. The number of rotatable bonds is 14. The molecule has 3 atom stereocenters. The van der Waals surface area contributed by atoms with Crippen LogP contribution in [0.4, 0.5) is 5.82 Å². The fraction of sp³-hybridized carbons (Fsp3) is 0.375. The molecule has 39 heavy (non-hydrogen) atoms. The summed E-state index contributed by atoms with van der Waals surface area (Å²) >= 11 is 5.93. The molecule has 15 heteroatoms. The van der Waals surface area contributed by atoms with Crippen molar-refractivity contribution in [2.45, 2.75) is 37.4 Å². The zero-order chi connectivity index (χ0) is 28.9. The molecule has 0 aliphatic carbocycles. The first kappa shape index (κ1) is 29.7. The summed E-state index contributed by atoms with van der Waals surface area (Å²) in [5, 5.41) is 40.4. The molecule has 0 aliphatic heterocycles. The van der Waals surface area contributed by atoms with Gasteiger partial charge < -0.3 is 40.4 Å². The molecule has 0 bridgehead atoms. The molecule has 0 radical (unpaired) electrons. The Labute approximate surface area is 227 Å². The monoisotopic (exact) mass is 565 g/mol. The summed E-state index contributed by atoms with van der Waals surface area (Å²) in [5.41, 5.74) is 3.95. The van der Waals surface area contributed by atoms with Gasteiger partial charge in [-0.1, -0.05) is 18.7 Å². The van der Waals surface area contributed by atoms with E-state index in [1.807, 2.05) is 0 Å². The number of carboxylic acid groups (broad SMARTS) is 2. The molecule has 210 valence electrons. The molecule has 2 aromatic heterocycles. The lowest BCUT2D eigenvalue weighted by atomic mass is 9.94. The molecular weight excluding hydrogens is 538 g/mol. The lowest BCUT2D eigenvalue weighted by molar-refractivity contribution is -0.196. The summed E-state index contributed by atoms with van der Waals surface area (Å²) in [5.74, 6) is -3.17. The van der Waals surface area contributed by atoms with E-state index in [0.29, 0.717) is 11.3 Å². The van der Waals surface area contributed by atoms with Crippen LogP contribution in [0.1, 0.15) is 18.7 Å². The number of halogens is 1. The van der Waals surface area contributed by atoms with Gasteiger partial charge in [0, 0.05) is 6.42 Å². The number of ether oxygens (including phenoxy) is 3. The number of hydrogen-bond donors (Lipinski definition) is 5. The molecule has 0 amide bonds. The van der Waals surface area contributed by atoms with E-state index in [-0.39, 0.29) is 27.8 Å². The van der Waals surface area contributed by atoms with E-state index in [1.165, 1.54) is 37.1 Å². The van der Waals surface area contributed by atoms with Gasteiger partial charge in [-0.05, 0) is 41.8 Å². The highest BCUT2D eigenvalue weighted by Crippen LogP contribution is 2.28. The number of hydrogen-bond acceptors (Lipinski definition) is 11. The minimum Gasteiger partial charge on any atom is -0.497 e. The predicted octanol–water partition coefficient (Wildman–Crippen LogP) is 1.05. The van der Waals surface area contributed by atoms with Crippen LogP contribution < -0.4 is 10.5 Å². The largest absolute Gasteiger partial charge is 0.497 e. The van der Waals surface area contributed by atoms with Gasteiger partial charge in [-0.15, -0.1) is 0 Å². The third-order valence-corrected chi connectivity index (χ3v) is 5.97. The Morgan fingerprint density at radius 1 is 1.26 bits per heavy atom. The van der Waals surface area contributed by atoms with Crippen molar-refractivity contribution in [3.63, 3.8) is 0 Å². The summed E-state index contributed by atoms with van der Waals surface area (Å²) < 4.78 is 17.7. The predicted molar refractivity (Wildman–Crippen MR) is 137 cm³/mol. The normalized spacial score (nSPS) is 14.1. The smallest absolute Gasteiger partial charge is 0.348 e. The number of nitrogen functional groups attached to an aromatic ring is 1. The number of carboxylic acids is 2. The van der Waals surface area contributed by atoms with Crippen molar-refractivity contribution >= 4 is 40.5 Å². The third-order valence-electron chi connectivity index (χ3n) is 5.80. The van der Waals surface area contributed by atoms with Crippen molar-refractivity contribution in [2.75, 3.05) is 26.1 Å². The van der Waals surface area contributed by atoms with Gasteiger partial charge in [-0.3, -0.25) is 4.57 Å². The number of aliphatic hydroxyl groups excluding tert-OH is 2. The van der Waals surface area contributed by atoms with E-state index < -0.39 is 55.6 Å². The standard InChI is InChI=1S/C24H28ClN5O9/c1-12(2)17(32)20(30-11-27-16-18(26)28-23(25)29-19(16)30)39-15(9-31)10-38-24(21(33)34,22(35)36)8-13-5-4-6-14(7-13)37-3/h4-7,11,15,17,20,31-32H,1,8-10H2,2-3H3,(H,33,34)(H,35,36)(H2,26,28,29)/t15-,17?,20+/m0/s1. The van der Waals surface area contributed by atoms with Crippen LogP contribution in [0, 0.1) is 0 Å². The van der Waals surface area contributed by atoms with Crippen LogP contribution in [0.2, 0.25) is 5.28 Å². The molecule has 14 nitrogen and oxygen atoms in total. The maximum absolute atomic E-state index is 12.2. The van der Waals surface area contributed by atoms with Crippen LogP contribution in [-0.2, 0) is 25.5 Å². The molecule has 0 spiro atoms. The number of fused-ring (bicyclic) bond motifs is 1. The second-order valence-corrected chi connectivity index (χ2v) is 8.94. The van der Waals surface area contributed by atoms with Gasteiger partial charge in [0.2, 0.25) is 5.28 Å². The summed E-state index contributed by atoms with van der Waals surface area (Å²) in [7, 11) is 1.41. The zero-order valence-electron chi connectivity index (χ0n) is 21.0. The van der Waals surface area contributed by atoms with E-state index >= 15 is 0 Å². The summed E-state index contributed by atoms with van der Waals surface area (Å²) in [4.78, 5) is 36.4. The first-order valence-electron chi connectivity index (χ1n) is 11.4. The van der Waals surface area contributed by atoms with Crippen molar-refractivity contribution in [2.24, 2.45) is 0 Å². The molecule has 2 heterocycles. The first-order valence-corrected chi connectivity index (χ1v) is 11.8. The van der Waals surface area contributed by atoms with Gasteiger partial charge in [-0.2, -0.15) is 9.97 Å². The van der Waals surface area contributed by atoms with Crippen molar-refractivity contribution < 1.29 is 44.2 Å². The lowest BCUT2D eigenvalue weighted by Crippen LogP contribution is -2.52. The molecule has 0 aliphatic rings. The molecule has 3 rings (SSSR count). The van der Waals surface area contributed by atoms with Gasteiger partial charge in [0.25, 0.3) is 5.60 Å². The molecule has 0 fully saturated rings. The SMILES string of the molecule is C=C(C)C(O)[C@@H](O[C@@H](CO)COC(Cc1cccc(OC)c1)(C(=O)O)C(=O)O)n1cnc2c(N)nc(Cl)nc21. The van der Waals surface area contributed by atoms with E-state index in [1.54, 1.807) is 12.1 Å². The van der Waals surface area contributed by atoms with Gasteiger partial charge in [-0.25, -0.2) is 14.6 Å². The minimum absolute atomic E-state index is 0.0281. The quantitative estimate of drug-likeness (QED) is 0.105. The number of carbonyl (C=O) groups is 2. The second-order valence-electron chi connectivity index (χ2n) is 8.60. The molecule has 3 aromatic rings. The first-order chi connectivity index (χ1) is 18.4. The van der Waals surface area contributed by atoms with Gasteiger partial charge in [0.05, 0.1) is 26.7 Å². The topological polar surface area (TPSA) is 212 Å². The summed E-state index contributed by atoms with van der Waals surface area (Å²) in [6.45, 7) is 3.81. The number of anilines is 1. The van der Waals surface area contributed by atoms with Crippen LogP contribution in [0.15, 0.2) is 42.7 Å². The van der Waals surface area contributed by atoms with Crippen LogP contribution >= 0.6 is 11.6 Å². The van der Waals surface area contributed by atoms with Crippen LogP contribution in [0.25, 0.3) is 11.2 Å². The number of methoxy groups -OCH3 is 1. The Morgan fingerprint density at radius 2 is 1.95 bits per heavy atom. The number of nitrogens with two attached hydrogens (primary N) is 1. The Bertz CT molecular complexity index is 1350. The van der Waals surface area contributed by atoms with E-state index in [9.17, 15) is 30.0 Å². The third kappa shape index (κ3) is 6.43. The fourth-order valence-electron chi connectivity index (χ4n) is 3.69. The molecular formula is C24H28ClN5O9. The maximum Gasteiger partial charge on any atom is 0.348 e. The van der Waals surface area contributed by atoms with Gasteiger partial charge in [0.1, 0.15) is 23.5 Å². The van der Waals surface area contributed by atoms with Crippen molar-refractivity contribution in [1.29, 1.82) is 0 Å². The number of aliphatic hydroxyl groups is 2. The van der Waals surface area contributed by atoms with E-state index in [2.05, 4.69) is 21.5 Å². The number of aliphatic carboxylic acids is 2. The number of aromatic nitrogens is 4. The van der Waals surface area contributed by atoms with E-state index in [4.69, 9.17) is 31.5 Å². The fourth-order valence-corrected chi connectivity index (χ4v) is 3.86. The van der Waals surface area contributed by atoms with Crippen LogP contribution in [0.3, 0.4) is 0 Å². The molecule has 6 N–H and O–H groups in total. The van der Waals surface area contributed by atoms with Crippen LogP contribution in [-0.4, -0.2) is 90.0 Å². The number of nitrogens with zero attached hydrogens (tertiary/aromatic N) is 4. The van der Waals surface area contributed by atoms with Gasteiger partial charge in [0.15, 0.2) is 17.7 Å². The second kappa shape index (κ2) is 12.4. The lowest BCUT2D eigenvalue weighted by Gasteiger charge is -2.31. The van der Waals surface area contributed by atoms with Crippen molar-refractivity contribution in [3.8, 4) is 5.75 Å². The molecule has 0 saturated heterocycles. The summed E-state index contributed by atoms with van der Waals surface area (Å²) in [6.07, 6.45) is -3.35. The van der Waals surface area contributed by atoms with Crippen molar-refractivity contribution in [3.05, 3.63) is 53.6 Å². The summed E-state index contributed by atoms with van der Waals surface area (Å²) in [6, 6.07) is 6.19. The molecule has 1 unspecified atom stereocenters. The zero-order valence-corrected chi connectivity index (χ0v) is 21.8. The highest BCUT2D eigenvalue weighted by molar-refractivity contribution is 6.28. The van der Waals surface area contributed by atoms with Crippen LogP contribution in [0.5, 0.6) is 5.75 Å². The average Bonchev–Trinajstić information content (AvgIpc) is 3.31. The maximum atomic E-state index is 12.2. The Balaban J connectivity index is 1.92. The average molecular weight is 566 g/mol. The highest BCUT2D eigenvalue weighted by Gasteiger charge is 2.49. The van der Waals surface area contributed by atoms with Crippen molar-refractivity contribution in [1.82, 2.24) is 19.5 Å². The van der Waals surface area contributed by atoms with E-state index in [0.717, 1.165) is 0 Å².